The Morgan fingerprint density at radius 2 is 0.677 bits per heavy atom. The number of hydrogen-bond donors (Lipinski definition) is 0. The predicted molar refractivity (Wildman–Crippen MR) is 139 cm³/mol. The number of anilines is 2. The van der Waals surface area contributed by atoms with E-state index in [0.29, 0.717) is 0 Å². The summed E-state index contributed by atoms with van der Waals surface area (Å²) in [6.45, 7) is 0. The summed E-state index contributed by atoms with van der Waals surface area (Å²) in [5.74, 6) is 0. The van der Waals surface area contributed by atoms with E-state index in [1.807, 2.05) is 0 Å². The van der Waals surface area contributed by atoms with Gasteiger partial charge in [-0.2, -0.15) is 0 Å². The monoisotopic (exact) mass is 602 g/mol. The van der Waals surface area contributed by atoms with E-state index in [-0.39, 0.29) is 0 Å². The van der Waals surface area contributed by atoms with Crippen molar-refractivity contribution in [2.75, 3.05) is 38.0 Å². The van der Waals surface area contributed by atoms with Gasteiger partial charge in [0.15, 0.2) is 0 Å². The molecule has 0 N–H and O–H groups in total. The van der Waals surface area contributed by atoms with E-state index in [9.17, 15) is 0 Å². The summed E-state index contributed by atoms with van der Waals surface area (Å²) in [5.41, 5.74) is 2.46. The molecule has 0 atom stereocenters. The Bertz CT molecular complexity index is 1010. The van der Waals surface area contributed by atoms with Crippen LogP contribution in [0.5, 0.6) is 0 Å². The van der Waals surface area contributed by atoms with Crippen molar-refractivity contribution in [3.63, 3.8) is 0 Å². The van der Waals surface area contributed by atoms with Crippen LogP contribution in [-0.2, 0) is 0 Å². The van der Waals surface area contributed by atoms with Gasteiger partial charge in [-0.15, -0.1) is 0 Å². The normalized spacial score (nSPS) is 11.2. The van der Waals surface area contributed by atoms with Gasteiger partial charge in [-0.3, -0.25) is 0 Å². The number of benzene rings is 4. The zero-order valence-electron chi connectivity index (χ0n) is 18.8. The molecule has 0 amide bonds. The van der Waals surface area contributed by atoms with Gasteiger partial charge in [0.2, 0.25) is 0 Å². The van der Waals surface area contributed by atoms with Crippen LogP contribution in [0.15, 0.2) is 109 Å². The van der Waals surface area contributed by atoms with Crippen molar-refractivity contribution >= 4 is 45.0 Å². The average Bonchev–Trinajstić information content (AvgIpc) is 2.82. The first-order chi connectivity index (χ1) is 15.0. The van der Waals surface area contributed by atoms with Crippen molar-refractivity contribution in [3.05, 3.63) is 109 Å². The van der Waals surface area contributed by atoms with Crippen LogP contribution in [-0.4, -0.2) is 49.4 Å². The van der Waals surface area contributed by atoms with Crippen molar-refractivity contribution < 1.29 is 0 Å². The molecule has 2 nitrogen and oxygen atoms in total. The SMILES string of the molecule is CN(C)c1cc[c]([Pb]([c]2ccccc2)([c]2ccccc2)[c]2ccc(N(C)C)cc2)cc1. The van der Waals surface area contributed by atoms with Crippen LogP contribution in [0.1, 0.15) is 0 Å². The molecule has 4 rings (SSSR count). The van der Waals surface area contributed by atoms with Crippen LogP contribution in [0.3, 0.4) is 0 Å². The zero-order chi connectivity index (χ0) is 21.8. The van der Waals surface area contributed by atoms with Gasteiger partial charge in [-0.25, -0.2) is 0 Å². The third-order valence-electron chi connectivity index (χ3n) is 6.05. The zero-order valence-corrected chi connectivity index (χ0v) is 22.7. The Hall–Kier alpha value is -2.60. The Kier molecular flexibility index (Phi) is 6.46. The third kappa shape index (κ3) is 4.13. The molecule has 0 saturated carbocycles. The Morgan fingerprint density at radius 3 is 0.968 bits per heavy atom. The molecule has 0 fully saturated rings. The minimum atomic E-state index is -3.68. The van der Waals surface area contributed by atoms with Gasteiger partial charge in [0.05, 0.1) is 0 Å². The topological polar surface area (TPSA) is 6.48 Å². The molecule has 0 spiro atoms. The van der Waals surface area contributed by atoms with Crippen LogP contribution >= 0.6 is 0 Å². The first-order valence-corrected chi connectivity index (χ1v) is 18.5. The van der Waals surface area contributed by atoms with Crippen molar-refractivity contribution in [1.82, 2.24) is 0 Å². The number of rotatable bonds is 6. The second-order valence-corrected chi connectivity index (χ2v) is 23.2. The molecule has 156 valence electrons. The van der Waals surface area contributed by atoms with Gasteiger partial charge in [0.1, 0.15) is 0 Å². The molecule has 4 aromatic rings. The molecule has 0 aromatic heterocycles. The number of nitrogens with zero attached hydrogens (tertiary/aromatic N) is 2. The minimum absolute atomic E-state index is 1.23. The fraction of sp³-hybridized carbons (Fsp3) is 0.143. The summed E-state index contributed by atoms with van der Waals surface area (Å²) in [7, 11) is 8.39. The Balaban J connectivity index is 2.04. The van der Waals surface area contributed by atoms with Crippen LogP contribution in [0.4, 0.5) is 11.4 Å². The quantitative estimate of drug-likeness (QED) is 0.314. The Morgan fingerprint density at radius 1 is 0.387 bits per heavy atom. The molecule has 0 aliphatic heterocycles. The van der Waals surface area contributed by atoms with Gasteiger partial charge in [0.25, 0.3) is 0 Å². The summed E-state index contributed by atoms with van der Waals surface area (Å²) in [5, 5.41) is 0. The summed E-state index contributed by atoms with van der Waals surface area (Å²) in [4.78, 5) is 4.33. The summed E-state index contributed by atoms with van der Waals surface area (Å²) >= 11 is -3.68. The summed E-state index contributed by atoms with van der Waals surface area (Å²) < 4.78 is 5.93. The van der Waals surface area contributed by atoms with E-state index in [2.05, 4.69) is 147 Å². The molecular weight excluding hydrogens is 572 g/mol. The van der Waals surface area contributed by atoms with Gasteiger partial charge in [-0.05, 0) is 0 Å². The van der Waals surface area contributed by atoms with Crippen molar-refractivity contribution in [2.24, 2.45) is 0 Å². The maximum absolute atomic E-state index is 3.68. The van der Waals surface area contributed by atoms with Crippen LogP contribution < -0.4 is 22.3 Å². The fourth-order valence-corrected chi connectivity index (χ4v) is 22.7. The van der Waals surface area contributed by atoms with E-state index < -0.39 is 21.2 Å². The second-order valence-electron chi connectivity index (χ2n) is 8.36. The molecule has 0 heterocycles. The maximum atomic E-state index is 2.37. The van der Waals surface area contributed by atoms with Gasteiger partial charge in [-0.1, -0.05) is 0 Å². The molecule has 0 bridgehead atoms. The van der Waals surface area contributed by atoms with E-state index in [1.165, 1.54) is 23.9 Å². The molecule has 0 aliphatic rings. The molecular formula is C28H30N2Pb. The molecule has 0 saturated heterocycles. The van der Waals surface area contributed by atoms with Gasteiger partial charge in [0, 0.05) is 0 Å². The van der Waals surface area contributed by atoms with Gasteiger partial charge < -0.3 is 0 Å². The standard InChI is InChI=1S/2C8H10N.2C6H5.Pb/c2*1-9(2)8-6-4-3-5-7-8;2*1-2-4-6-5-3-1;/h2*4-7H,1-2H3;2*1-5H;. The van der Waals surface area contributed by atoms with E-state index in [4.69, 9.17) is 0 Å². The average molecular weight is 602 g/mol. The molecule has 3 heteroatoms. The third-order valence-corrected chi connectivity index (χ3v) is 24.7. The summed E-state index contributed by atoms with van der Waals surface area (Å²) in [6.07, 6.45) is 0. The van der Waals surface area contributed by atoms with Crippen LogP contribution in [0.25, 0.3) is 0 Å². The fourth-order valence-electron chi connectivity index (χ4n) is 4.40. The molecule has 4 aromatic carbocycles. The van der Waals surface area contributed by atoms with E-state index in [0.717, 1.165) is 0 Å². The van der Waals surface area contributed by atoms with Crippen LogP contribution in [0.2, 0.25) is 0 Å². The first kappa shape index (κ1) is 21.6. The van der Waals surface area contributed by atoms with E-state index in [1.54, 1.807) is 0 Å². The van der Waals surface area contributed by atoms with Crippen LogP contribution in [0, 0.1) is 0 Å². The number of hydrogen-bond acceptors (Lipinski definition) is 2. The molecule has 0 unspecified atom stereocenters. The van der Waals surface area contributed by atoms with Crippen molar-refractivity contribution in [3.8, 4) is 0 Å². The van der Waals surface area contributed by atoms with E-state index >= 15 is 0 Å². The molecule has 0 aliphatic carbocycles. The van der Waals surface area contributed by atoms with Crippen molar-refractivity contribution in [1.29, 1.82) is 0 Å². The molecule has 31 heavy (non-hydrogen) atoms. The second kappa shape index (κ2) is 9.27. The summed E-state index contributed by atoms with van der Waals surface area (Å²) in [6, 6.07) is 40.9. The molecule has 0 radical (unpaired) electrons. The first-order valence-electron chi connectivity index (χ1n) is 10.7. The predicted octanol–water partition coefficient (Wildman–Crippen LogP) is 3.20. The van der Waals surface area contributed by atoms with Crippen molar-refractivity contribution in [2.45, 2.75) is 0 Å². The Labute approximate surface area is 191 Å². The van der Waals surface area contributed by atoms with Gasteiger partial charge >= 0.3 is 192 Å².